The van der Waals surface area contributed by atoms with Gasteiger partial charge in [0.2, 0.25) is 0 Å². The lowest BCUT2D eigenvalue weighted by atomic mass is 9.68. The van der Waals surface area contributed by atoms with Crippen LogP contribution in [-0.4, -0.2) is 10.7 Å². The maximum atomic E-state index is 12.5. The van der Waals surface area contributed by atoms with Crippen LogP contribution < -0.4 is 0 Å². The first-order valence-electron chi connectivity index (χ1n) is 6.22. The molecule has 0 bridgehead atoms. The van der Waals surface area contributed by atoms with Gasteiger partial charge in [-0.15, -0.1) is 11.6 Å². The topological polar surface area (TPSA) is 17.1 Å². The minimum Gasteiger partial charge on any atom is -0.294 e. The van der Waals surface area contributed by atoms with Crippen molar-refractivity contribution in [2.24, 2.45) is 5.41 Å². The van der Waals surface area contributed by atoms with Gasteiger partial charge in [0.05, 0.1) is 0 Å². The third kappa shape index (κ3) is 2.71. The van der Waals surface area contributed by atoms with E-state index in [1.54, 1.807) is 0 Å². The van der Waals surface area contributed by atoms with Gasteiger partial charge in [0, 0.05) is 15.9 Å². The van der Waals surface area contributed by atoms with Crippen LogP contribution in [0.5, 0.6) is 0 Å². The molecule has 0 amide bonds. The minimum atomic E-state index is -0.226. The molecule has 17 heavy (non-hydrogen) atoms. The summed E-state index contributed by atoms with van der Waals surface area (Å²) in [5.74, 6) is 0.269. The quantitative estimate of drug-likeness (QED) is 0.560. The molecule has 0 spiro atoms. The summed E-state index contributed by atoms with van der Waals surface area (Å²) in [6, 6.07) is 9.59. The maximum absolute atomic E-state index is 12.5. The third-order valence-corrected chi connectivity index (χ3v) is 4.36. The van der Waals surface area contributed by atoms with Crippen LogP contribution in [0.3, 0.4) is 0 Å². The lowest BCUT2D eigenvalue weighted by Crippen LogP contribution is -2.37. The molecular weight excluding hydrogens is 232 g/mol. The summed E-state index contributed by atoms with van der Waals surface area (Å²) < 4.78 is 0. The summed E-state index contributed by atoms with van der Waals surface area (Å²) in [4.78, 5) is 12.4. The van der Waals surface area contributed by atoms with Gasteiger partial charge in [-0.3, -0.25) is 4.79 Å². The van der Waals surface area contributed by atoms with Gasteiger partial charge in [-0.2, -0.15) is 0 Å². The number of carbonyl (C=O) groups excluding carboxylic acids is 1. The highest BCUT2D eigenvalue weighted by Gasteiger charge is 2.41. The van der Waals surface area contributed by atoms with Crippen molar-refractivity contribution < 1.29 is 4.79 Å². The van der Waals surface area contributed by atoms with Gasteiger partial charge in [0.25, 0.3) is 0 Å². The Balaban J connectivity index is 2.15. The smallest absolute Gasteiger partial charge is 0.168 e. The van der Waals surface area contributed by atoms with Gasteiger partial charge < -0.3 is 0 Å². The first-order chi connectivity index (χ1) is 7.93. The Morgan fingerprint density at radius 3 is 2.12 bits per heavy atom. The first-order valence-corrected chi connectivity index (χ1v) is 6.60. The molecule has 92 valence electrons. The van der Waals surface area contributed by atoms with E-state index in [9.17, 15) is 4.79 Å². The zero-order valence-corrected chi connectivity index (χ0v) is 11.3. The zero-order chi connectivity index (χ0) is 12.5. The van der Waals surface area contributed by atoms with E-state index in [4.69, 9.17) is 11.6 Å². The van der Waals surface area contributed by atoms with Crippen LogP contribution in [0.25, 0.3) is 0 Å². The number of hydrogen-bond acceptors (Lipinski definition) is 1. The molecule has 2 heteroatoms. The van der Waals surface area contributed by atoms with Crippen LogP contribution in [0.15, 0.2) is 30.3 Å². The second-order valence-electron chi connectivity index (χ2n) is 5.67. The van der Waals surface area contributed by atoms with Crippen molar-refractivity contribution >= 4 is 17.4 Å². The summed E-state index contributed by atoms with van der Waals surface area (Å²) in [6.45, 7) is 4.15. The van der Waals surface area contributed by atoms with Gasteiger partial charge in [-0.05, 0) is 32.6 Å². The number of ketones is 1. The number of halogens is 1. The summed E-state index contributed by atoms with van der Waals surface area (Å²) >= 11 is 6.34. The average Bonchev–Trinajstić information content (AvgIpc) is 2.34. The fourth-order valence-corrected chi connectivity index (χ4v) is 2.68. The molecule has 0 saturated heterocycles. The Hall–Kier alpha value is -0.820. The standard InChI is InChI=1S/C15H19ClO/c1-14(8-10-15(2,16)11-9-14)13(17)12-6-4-3-5-7-12/h3-7H,8-11H2,1-2H3. The number of Topliss-reactive ketones (excluding diaryl/α,β-unsaturated/α-hetero) is 1. The molecule has 1 aliphatic rings. The highest BCUT2D eigenvalue weighted by molar-refractivity contribution is 6.23. The molecule has 2 rings (SSSR count). The molecule has 0 aromatic heterocycles. The Morgan fingerprint density at radius 1 is 1.06 bits per heavy atom. The van der Waals surface area contributed by atoms with Crippen LogP contribution in [0.2, 0.25) is 0 Å². The fraction of sp³-hybridized carbons (Fsp3) is 0.533. The lowest BCUT2D eigenvalue weighted by molar-refractivity contribution is 0.0730. The molecule has 0 aliphatic heterocycles. The van der Waals surface area contributed by atoms with Crippen LogP contribution in [-0.2, 0) is 0 Å². The lowest BCUT2D eigenvalue weighted by Gasteiger charge is -2.39. The van der Waals surface area contributed by atoms with Crippen molar-refractivity contribution in [2.75, 3.05) is 0 Å². The Kier molecular flexibility index (Phi) is 3.31. The molecule has 1 aromatic rings. The Labute approximate surface area is 108 Å². The molecule has 0 heterocycles. The average molecular weight is 251 g/mol. The van der Waals surface area contributed by atoms with Crippen molar-refractivity contribution in [1.29, 1.82) is 0 Å². The maximum Gasteiger partial charge on any atom is 0.168 e. The largest absolute Gasteiger partial charge is 0.294 e. The molecule has 1 aromatic carbocycles. The second-order valence-corrected chi connectivity index (χ2v) is 6.58. The third-order valence-electron chi connectivity index (χ3n) is 3.98. The van der Waals surface area contributed by atoms with Crippen molar-refractivity contribution in [3.8, 4) is 0 Å². The van der Waals surface area contributed by atoms with E-state index in [2.05, 4.69) is 13.8 Å². The molecule has 0 atom stereocenters. The summed E-state index contributed by atoms with van der Waals surface area (Å²) in [6.07, 6.45) is 3.62. The van der Waals surface area contributed by atoms with E-state index in [1.807, 2.05) is 30.3 Å². The molecule has 1 fully saturated rings. The van der Waals surface area contributed by atoms with Crippen molar-refractivity contribution in [3.05, 3.63) is 35.9 Å². The SMILES string of the molecule is CC1(Cl)CCC(C)(C(=O)c2ccccc2)CC1. The number of alkyl halides is 1. The van der Waals surface area contributed by atoms with Crippen molar-refractivity contribution in [1.82, 2.24) is 0 Å². The fourth-order valence-electron chi connectivity index (χ4n) is 2.49. The molecule has 0 N–H and O–H groups in total. The molecule has 0 unspecified atom stereocenters. The predicted octanol–water partition coefficient (Wildman–Crippen LogP) is 4.45. The van der Waals surface area contributed by atoms with E-state index in [-0.39, 0.29) is 16.1 Å². The summed E-state index contributed by atoms with van der Waals surface area (Å²) in [7, 11) is 0. The number of benzene rings is 1. The normalized spacial score (nSPS) is 33.4. The van der Waals surface area contributed by atoms with Gasteiger partial charge in [-0.25, -0.2) is 0 Å². The van der Waals surface area contributed by atoms with E-state index in [0.717, 1.165) is 31.2 Å². The van der Waals surface area contributed by atoms with Crippen LogP contribution >= 0.6 is 11.6 Å². The van der Waals surface area contributed by atoms with Gasteiger partial charge >= 0.3 is 0 Å². The predicted molar refractivity (Wildman–Crippen MR) is 71.6 cm³/mol. The molecule has 1 aliphatic carbocycles. The van der Waals surface area contributed by atoms with Crippen LogP contribution in [0.1, 0.15) is 49.9 Å². The summed E-state index contributed by atoms with van der Waals surface area (Å²) in [5.41, 5.74) is 0.601. The van der Waals surface area contributed by atoms with E-state index >= 15 is 0 Å². The molecule has 0 radical (unpaired) electrons. The zero-order valence-electron chi connectivity index (χ0n) is 10.5. The Bertz CT molecular complexity index is 398. The van der Waals surface area contributed by atoms with Gasteiger partial charge in [0.15, 0.2) is 5.78 Å². The highest BCUT2D eigenvalue weighted by Crippen LogP contribution is 2.45. The van der Waals surface area contributed by atoms with Gasteiger partial charge in [0.1, 0.15) is 0 Å². The van der Waals surface area contributed by atoms with Crippen molar-refractivity contribution in [3.63, 3.8) is 0 Å². The van der Waals surface area contributed by atoms with Crippen molar-refractivity contribution in [2.45, 2.75) is 44.4 Å². The Morgan fingerprint density at radius 2 is 1.59 bits per heavy atom. The second kappa shape index (κ2) is 4.45. The van der Waals surface area contributed by atoms with Crippen LogP contribution in [0, 0.1) is 5.41 Å². The number of rotatable bonds is 2. The molecular formula is C15H19ClO. The summed E-state index contributed by atoms with van der Waals surface area (Å²) in [5, 5.41) is 0. The van der Waals surface area contributed by atoms with Crippen LogP contribution in [0.4, 0.5) is 0 Å². The van der Waals surface area contributed by atoms with E-state index < -0.39 is 0 Å². The molecule has 1 saturated carbocycles. The monoisotopic (exact) mass is 250 g/mol. The minimum absolute atomic E-state index is 0.115. The van der Waals surface area contributed by atoms with E-state index in [0.29, 0.717) is 0 Å². The van der Waals surface area contributed by atoms with E-state index in [1.165, 1.54) is 0 Å². The highest BCUT2D eigenvalue weighted by atomic mass is 35.5. The van der Waals surface area contributed by atoms with Gasteiger partial charge in [-0.1, -0.05) is 37.3 Å². The number of hydrogen-bond donors (Lipinski definition) is 0. The number of carbonyl (C=O) groups is 1. The first kappa shape index (κ1) is 12.6. The molecule has 1 nitrogen and oxygen atoms in total.